The number of aliphatic hydroxyl groups is 3. The van der Waals surface area contributed by atoms with E-state index in [9.17, 15) is 44.1 Å². The summed E-state index contributed by atoms with van der Waals surface area (Å²) >= 11 is 0. The van der Waals surface area contributed by atoms with E-state index in [0.717, 1.165) is 17.6 Å². The van der Waals surface area contributed by atoms with Crippen molar-refractivity contribution in [3.63, 3.8) is 0 Å². The van der Waals surface area contributed by atoms with Crippen molar-refractivity contribution in [1.29, 1.82) is 0 Å². The molecule has 2 bridgehead atoms. The number of methoxy groups -OCH3 is 1. The Bertz CT molecular complexity index is 2000. The van der Waals surface area contributed by atoms with Gasteiger partial charge in [0.05, 0.1) is 25.0 Å². The second-order valence-corrected chi connectivity index (χ2v) is 17.3. The topological polar surface area (TPSA) is 209 Å². The van der Waals surface area contributed by atoms with E-state index >= 15 is 0 Å². The largest absolute Gasteiger partial charge is 0.466 e. The Labute approximate surface area is 310 Å². The van der Waals surface area contributed by atoms with Gasteiger partial charge < -0.3 is 39.0 Å². The number of hydrogen-bond donors (Lipinski definition) is 3. The van der Waals surface area contributed by atoms with Crippen LogP contribution in [-0.2, 0) is 52.5 Å². The molecule has 288 valence electrons. The fourth-order valence-corrected chi connectivity index (χ4v) is 12.7. The lowest BCUT2D eigenvalue weighted by molar-refractivity contribution is -0.191. The summed E-state index contributed by atoms with van der Waals surface area (Å²) < 4.78 is 28.1. The Morgan fingerprint density at radius 2 is 1.67 bits per heavy atom. The average Bonchev–Trinajstić information content (AvgIpc) is 4.05. The van der Waals surface area contributed by atoms with Gasteiger partial charge in [0.1, 0.15) is 37.1 Å². The molecule has 2 aliphatic heterocycles. The van der Waals surface area contributed by atoms with Crippen LogP contribution in [0.2, 0.25) is 0 Å². The van der Waals surface area contributed by atoms with E-state index < -0.39 is 101 Å². The number of carbonyl (C=O) groups is 6. The van der Waals surface area contributed by atoms with Crippen LogP contribution in [0, 0.1) is 52.3 Å². The molecule has 1 spiro atoms. The van der Waals surface area contributed by atoms with Crippen molar-refractivity contribution in [1.82, 2.24) is 0 Å². The lowest BCUT2D eigenvalue weighted by Gasteiger charge is -2.63. The number of rotatable bonds is 1. The number of carbonyl (C=O) groups excluding carboxylic acids is 6. The van der Waals surface area contributed by atoms with Crippen molar-refractivity contribution in [2.75, 3.05) is 26.9 Å². The van der Waals surface area contributed by atoms with Crippen molar-refractivity contribution in [2.24, 2.45) is 52.3 Å². The molecule has 7 aliphatic carbocycles. The third-order valence-electron chi connectivity index (χ3n) is 15.3. The van der Waals surface area contributed by atoms with Gasteiger partial charge in [-0.15, -0.1) is 0 Å². The summed E-state index contributed by atoms with van der Waals surface area (Å²) in [6.45, 7) is 5.60. The van der Waals surface area contributed by atoms with Gasteiger partial charge in [0, 0.05) is 34.0 Å². The Balaban J connectivity index is 1.27. The molecule has 9 aliphatic rings. The van der Waals surface area contributed by atoms with Gasteiger partial charge in [-0.2, -0.15) is 0 Å². The van der Waals surface area contributed by atoms with Gasteiger partial charge >= 0.3 is 29.8 Å². The van der Waals surface area contributed by atoms with Crippen LogP contribution in [0.25, 0.3) is 0 Å². The number of hydrogen-bond acceptors (Lipinski definition) is 14. The molecule has 54 heavy (non-hydrogen) atoms. The van der Waals surface area contributed by atoms with E-state index in [1.165, 1.54) is 27.0 Å². The van der Waals surface area contributed by atoms with Crippen LogP contribution in [0.15, 0.2) is 45.1 Å². The quantitative estimate of drug-likeness (QED) is 0.150. The first-order chi connectivity index (χ1) is 25.5. The van der Waals surface area contributed by atoms with Crippen LogP contribution >= 0.6 is 0 Å². The van der Waals surface area contributed by atoms with Crippen LogP contribution in [0.4, 0.5) is 0 Å². The summed E-state index contributed by atoms with van der Waals surface area (Å²) in [5, 5.41) is 35.1. The van der Waals surface area contributed by atoms with Crippen molar-refractivity contribution in [3.05, 3.63) is 45.1 Å². The monoisotopic (exact) mass is 748 g/mol. The smallest absolute Gasteiger partial charge is 0.338 e. The Morgan fingerprint density at radius 3 is 2.39 bits per heavy atom. The third kappa shape index (κ3) is 4.22. The average molecular weight is 749 g/mol. The van der Waals surface area contributed by atoms with E-state index in [0.29, 0.717) is 18.4 Å². The molecule has 0 amide bonds. The lowest BCUT2D eigenvalue weighted by atomic mass is 9.42. The molecule has 14 heteroatoms. The molecular formula is C40H44O14. The van der Waals surface area contributed by atoms with E-state index in [1.54, 1.807) is 0 Å². The fourth-order valence-electron chi connectivity index (χ4n) is 12.7. The molecule has 0 aromatic heterocycles. The number of ether oxygens (including phenoxy) is 5. The number of cyclic esters (lactones) is 3. The van der Waals surface area contributed by atoms with Gasteiger partial charge in [-0.05, 0) is 85.8 Å². The number of Topliss-reactive ketones (excluding diaryl/α,β-unsaturated/α-hetero) is 1. The maximum atomic E-state index is 14.6. The molecule has 14 nitrogen and oxygen atoms in total. The van der Waals surface area contributed by atoms with Crippen LogP contribution < -0.4 is 0 Å². The molecule has 3 N–H and O–H groups in total. The first kappa shape index (κ1) is 35.6. The molecule has 5 fully saturated rings. The number of aliphatic hydroxyl groups excluding tert-OH is 2. The summed E-state index contributed by atoms with van der Waals surface area (Å²) in [6, 6.07) is 0. The maximum absolute atomic E-state index is 14.6. The summed E-state index contributed by atoms with van der Waals surface area (Å²) in [6.07, 6.45) is -0.919. The Morgan fingerprint density at radius 1 is 0.926 bits per heavy atom. The summed E-state index contributed by atoms with van der Waals surface area (Å²) in [5.74, 6) is -7.47. The van der Waals surface area contributed by atoms with Crippen molar-refractivity contribution in [3.8, 4) is 0 Å². The molecule has 2 heterocycles. The van der Waals surface area contributed by atoms with Gasteiger partial charge in [-0.1, -0.05) is 19.4 Å². The first-order valence-corrected chi connectivity index (χ1v) is 18.7. The highest BCUT2D eigenvalue weighted by Gasteiger charge is 2.84. The van der Waals surface area contributed by atoms with E-state index in [4.69, 9.17) is 23.7 Å². The molecular weight excluding hydrogens is 704 g/mol. The van der Waals surface area contributed by atoms with E-state index in [2.05, 4.69) is 6.92 Å². The Kier molecular flexibility index (Phi) is 7.39. The standard InChI is InChI=1S/C40H44O14/c1-15-6-7-51-27(42)12-24(41)36(48)52-13-19-21-11-25-37(3,22-10-23(22)39(25,49)14-53-33(15)45)26-9-18-17-8-20(17)38(4)29(18)30(40(21,26)54-35(19)47)28(31(43)32(38)44)16(2)34(46)50-5/h6,17,20,22-26,30,32,41,44,49H,7-14H2,1-5H3/b15-6+,28-16-/t17-,20-,22-,23+,24-,25-,26+,30+,32+,37+,38+,39+,40+/m1/s1. The van der Waals surface area contributed by atoms with Crippen molar-refractivity contribution in [2.45, 2.75) is 83.2 Å². The van der Waals surface area contributed by atoms with Crippen LogP contribution in [0.5, 0.6) is 0 Å². The molecule has 0 unspecified atom stereocenters. The Hall–Kier alpha value is -4.14. The second-order valence-electron chi connectivity index (χ2n) is 17.3. The minimum Gasteiger partial charge on any atom is -0.466 e. The second kappa shape index (κ2) is 11.2. The predicted octanol–water partition coefficient (Wildman–Crippen LogP) is 1.35. The maximum Gasteiger partial charge on any atom is 0.338 e. The van der Waals surface area contributed by atoms with Crippen molar-refractivity contribution < 1.29 is 67.8 Å². The van der Waals surface area contributed by atoms with Gasteiger partial charge in [-0.3, -0.25) is 9.59 Å². The zero-order valence-electron chi connectivity index (χ0n) is 30.8. The lowest BCUT2D eigenvalue weighted by Crippen LogP contribution is -2.67. The number of fused-ring (bicyclic) bond motifs is 7. The van der Waals surface area contributed by atoms with Crippen LogP contribution in [0.3, 0.4) is 0 Å². The minimum absolute atomic E-state index is 0.0103. The minimum atomic E-state index is -1.93. The molecule has 0 radical (unpaired) electrons. The molecule has 0 aromatic rings. The molecule has 13 atom stereocenters. The predicted molar refractivity (Wildman–Crippen MR) is 180 cm³/mol. The molecule has 0 saturated heterocycles. The number of ketones is 1. The number of allylic oxidation sites excluding steroid dienone is 1. The van der Waals surface area contributed by atoms with Gasteiger partial charge in [0.15, 0.2) is 11.9 Å². The van der Waals surface area contributed by atoms with Crippen LogP contribution in [0.1, 0.15) is 59.8 Å². The highest BCUT2D eigenvalue weighted by Crippen LogP contribution is 2.83. The SMILES string of the molecule is COC(=O)/C(C)=C1\C(=O)[C@H](O)[C@]2(C)C3=C(C[C@@H]4[C@]5(OC(=O)C6=C5C[C@H]5[C@](O)(COC(=O)/C(C)=C/COC(=O)C[C@@H](O)C(=O)OC6)[C@H]6C[C@H]6[C@]45C)[C@H]31)[C@H]1C[C@H]12. The van der Waals surface area contributed by atoms with Crippen molar-refractivity contribution >= 4 is 35.6 Å². The normalized spacial score (nSPS) is 48.0. The van der Waals surface area contributed by atoms with Gasteiger partial charge in [0.25, 0.3) is 0 Å². The summed E-state index contributed by atoms with van der Waals surface area (Å²) in [7, 11) is 1.20. The van der Waals surface area contributed by atoms with E-state index in [-0.39, 0.29) is 65.6 Å². The van der Waals surface area contributed by atoms with Crippen LogP contribution in [-0.4, -0.2) is 101 Å². The van der Waals surface area contributed by atoms with Gasteiger partial charge in [-0.25, -0.2) is 19.2 Å². The third-order valence-corrected chi connectivity index (χ3v) is 15.3. The fraction of sp³-hybridized carbons (Fsp3) is 0.650. The zero-order chi connectivity index (χ0) is 38.6. The molecule has 9 rings (SSSR count). The molecule has 5 saturated carbocycles. The number of esters is 5. The highest BCUT2D eigenvalue weighted by atomic mass is 16.6. The summed E-state index contributed by atoms with van der Waals surface area (Å²) in [5.41, 5.74) is -2.50. The van der Waals surface area contributed by atoms with Gasteiger partial charge in [0.2, 0.25) is 0 Å². The summed E-state index contributed by atoms with van der Waals surface area (Å²) in [4.78, 5) is 81.0. The first-order valence-electron chi connectivity index (χ1n) is 18.7. The highest BCUT2D eigenvalue weighted by molar-refractivity contribution is 6.09. The molecule has 0 aromatic carbocycles. The zero-order valence-corrected chi connectivity index (χ0v) is 30.8. The van der Waals surface area contributed by atoms with E-state index in [1.807, 2.05) is 6.92 Å².